The van der Waals surface area contributed by atoms with Gasteiger partial charge in [-0.1, -0.05) is 0 Å². The molecule has 1 fully saturated rings. The number of hydrogen-bond acceptors (Lipinski definition) is 4. The number of rotatable bonds is 2. The van der Waals surface area contributed by atoms with Crippen molar-refractivity contribution in [1.29, 1.82) is 0 Å². The Morgan fingerprint density at radius 2 is 1.91 bits per heavy atom. The number of nitrogens with zero attached hydrogens (tertiary/aromatic N) is 4. The van der Waals surface area contributed by atoms with Crippen LogP contribution in [0.5, 0.6) is 0 Å². The van der Waals surface area contributed by atoms with E-state index in [0.717, 1.165) is 4.90 Å². The van der Waals surface area contributed by atoms with Gasteiger partial charge in [0.25, 0.3) is 0 Å². The third kappa shape index (κ3) is 2.70. The van der Waals surface area contributed by atoms with Crippen LogP contribution in [0, 0.1) is 0 Å². The van der Waals surface area contributed by atoms with E-state index in [0.29, 0.717) is 12.1 Å². The number of morpholine rings is 1. The average molecular weight is 339 g/mol. The predicted octanol–water partition coefficient (Wildman–Crippen LogP) is 3.13. The van der Waals surface area contributed by atoms with Crippen LogP contribution in [0.15, 0.2) is 12.4 Å². The Bertz CT molecular complexity index is 704. The minimum atomic E-state index is -3.96. The molecule has 1 aliphatic rings. The summed E-state index contributed by atoms with van der Waals surface area (Å²) < 4.78 is 58.8. The highest BCUT2D eigenvalue weighted by Crippen LogP contribution is 2.38. The summed E-state index contributed by atoms with van der Waals surface area (Å²) in [5.41, 5.74) is 0.916. The summed E-state index contributed by atoms with van der Waals surface area (Å²) in [5, 5.41) is -0.0885. The van der Waals surface area contributed by atoms with Crippen molar-refractivity contribution in [3.63, 3.8) is 0 Å². The second-order valence-electron chi connectivity index (χ2n) is 4.91. The van der Waals surface area contributed by atoms with Crippen LogP contribution in [-0.4, -0.2) is 39.8 Å². The van der Waals surface area contributed by atoms with E-state index < -0.39 is 25.3 Å². The number of hydrogen-bond donors (Lipinski definition) is 0. The molecule has 0 aliphatic carbocycles. The molecule has 10 heteroatoms. The van der Waals surface area contributed by atoms with Gasteiger partial charge in [0.2, 0.25) is 5.28 Å². The van der Waals surface area contributed by atoms with Gasteiger partial charge in [-0.05, 0) is 18.5 Å². The Balaban J connectivity index is 2.11. The summed E-state index contributed by atoms with van der Waals surface area (Å²) in [6.07, 6.45) is -5.01. The summed E-state index contributed by atoms with van der Waals surface area (Å²) in [4.78, 5) is 8.65. The SMILES string of the molecule is CCn1cc(N2CC(F)(F)OC(F)(F)C2)c2nc(Cl)ncc21. The highest BCUT2D eigenvalue weighted by atomic mass is 35.5. The van der Waals surface area contributed by atoms with Gasteiger partial charge in [-0.15, -0.1) is 0 Å². The van der Waals surface area contributed by atoms with E-state index >= 15 is 0 Å². The number of aryl methyl sites for hydroxylation is 1. The molecule has 0 bridgehead atoms. The number of halogens is 5. The highest BCUT2D eigenvalue weighted by Gasteiger charge is 2.52. The molecule has 0 amide bonds. The quantitative estimate of drug-likeness (QED) is 0.623. The Hall–Kier alpha value is -1.61. The van der Waals surface area contributed by atoms with Gasteiger partial charge in [0, 0.05) is 12.7 Å². The predicted molar refractivity (Wildman–Crippen MR) is 71.4 cm³/mol. The smallest absolute Gasteiger partial charge is 0.351 e. The zero-order valence-corrected chi connectivity index (χ0v) is 12.1. The van der Waals surface area contributed by atoms with Crippen molar-refractivity contribution in [1.82, 2.24) is 14.5 Å². The maximum absolute atomic E-state index is 13.4. The van der Waals surface area contributed by atoms with Crippen molar-refractivity contribution >= 4 is 28.3 Å². The number of aromatic nitrogens is 3. The Kier molecular flexibility index (Phi) is 3.44. The lowest BCUT2D eigenvalue weighted by molar-refractivity contribution is -0.380. The molecule has 1 aliphatic heterocycles. The van der Waals surface area contributed by atoms with E-state index in [4.69, 9.17) is 11.6 Å². The molecule has 0 unspecified atom stereocenters. The van der Waals surface area contributed by atoms with Gasteiger partial charge in [0.15, 0.2) is 0 Å². The van der Waals surface area contributed by atoms with Gasteiger partial charge < -0.3 is 9.47 Å². The molecule has 120 valence electrons. The number of alkyl halides is 4. The van der Waals surface area contributed by atoms with E-state index in [1.807, 2.05) is 6.92 Å². The van der Waals surface area contributed by atoms with Crippen molar-refractivity contribution in [2.24, 2.45) is 0 Å². The van der Waals surface area contributed by atoms with Gasteiger partial charge >= 0.3 is 12.2 Å². The van der Waals surface area contributed by atoms with Gasteiger partial charge in [0.05, 0.1) is 17.4 Å². The van der Waals surface area contributed by atoms with Crippen LogP contribution >= 0.6 is 11.6 Å². The van der Waals surface area contributed by atoms with Crippen LogP contribution < -0.4 is 4.90 Å². The second-order valence-corrected chi connectivity index (χ2v) is 5.24. The molecule has 0 radical (unpaired) electrons. The Morgan fingerprint density at radius 1 is 1.27 bits per heavy atom. The molecule has 0 aromatic carbocycles. The number of anilines is 1. The fraction of sp³-hybridized carbons (Fsp3) is 0.500. The van der Waals surface area contributed by atoms with E-state index in [1.54, 1.807) is 4.57 Å². The van der Waals surface area contributed by atoms with Crippen LogP contribution in [0.25, 0.3) is 11.0 Å². The van der Waals surface area contributed by atoms with Crippen molar-refractivity contribution in [3.8, 4) is 0 Å². The first-order valence-corrected chi connectivity index (χ1v) is 6.81. The van der Waals surface area contributed by atoms with E-state index in [9.17, 15) is 17.6 Å². The second kappa shape index (κ2) is 4.95. The maximum Gasteiger partial charge on any atom is 0.377 e. The van der Waals surface area contributed by atoms with Crippen LogP contribution in [-0.2, 0) is 11.3 Å². The Morgan fingerprint density at radius 3 is 2.50 bits per heavy atom. The van der Waals surface area contributed by atoms with Crippen LogP contribution in [0.4, 0.5) is 23.2 Å². The monoisotopic (exact) mass is 338 g/mol. The topological polar surface area (TPSA) is 43.2 Å². The lowest BCUT2D eigenvalue weighted by Gasteiger charge is -2.37. The Labute approximate surface area is 127 Å². The van der Waals surface area contributed by atoms with Gasteiger partial charge in [-0.25, -0.2) is 9.97 Å². The molecule has 0 spiro atoms. The van der Waals surface area contributed by atoms with Crippen LogP contribution in [0.2, 0.25) is 5.28 Å². The fourth-order valence-corrected chi connectivity index (χ4v) is 2.61. The lowest BCUT2D eigenvalue weighted by Crippen LogP contribution is -2.55. The molecule has 0 saturated carbocycles. The summed E-state index contributed by atoms with van der Waals surface area (Å²) in [6, 6.07) is 0. The first kappa shape index (κ1) is 15.3. The molecule has 0 N–H and O–H groups in total. The third-order valence-electron chi connectivity index (χ3n) is 3.30. The molecule has 2 aromatic rings. The standard InChI is InChI=1S/C12H11ClF4N4O/c1-2-20-4-8(9-7(20)3-18-10(13)19-9)21-5-11(14,15)22-12(16,17)6-21/h3-4H,2,5-6H2,1H3. The zero-order chi connectivity index (χ0) is 16.1. The van der Waals surface area contributed by atoms with Crippen LogP contribution in [0.3, 0.4) is 0 Å². The van der Waals surface area contributed by atoms with Crippen molar-refractivity contribution in [3.05, 3.63) is 17.7 Å². The summed E-state index contributed by atoms with van der Waals surface area (Å²) in [5.74, 6) is 0. The van der Waals surface area contributed by atoms with E-state index in [1.165, 1.54) is 12.4 Å². The molecule has 5 nitrogen and oxygen atoms in total. The number of fused-ring (bicyclic) bond motifs is 1. The normalized spacial score (nSPS) is 20.5. The van der Waals surface area contributed by atoms with Gasteiger partial charge in [-0.3, -0.25) is 4.74 Å². The fourth-order valence-electron chi connectivity index (χ4n) is 2.48. The molecule has 2 aromatic heterocycles. The van der Waals surface area contributed by atoms with E-state index in [2.05, 4.69) is 14.7 Å². The molecule has 3 heterocycles. The lowest BCUT2D eigenvalue weighted by atomic mass is 10.3. The first-order chi connectivity index (χ1) is 10.2. The summed E-state index contributed by atoms with van der Waals surface area (Å²) >= 11 is 5.72. The highest BCUT2D eigenvalue weighted by molar-refractivity contribution is 6.28. The van der Waals surface area contributed by atoms with Crippen LogP contribution in [0.1, 0.15) is 6.92 Å². The van der Waals surface area contributed by atoms with Crippen molar-refractivity contribution in [2.45, 2.75) is 25.7 Å². The van der Waals surface area contributed by atoms with Gasteiger partial charge in [0.1, 0.15) is 18.6 Å². The summed E-state index contributed by atoms with van der Waals surface area (Å²) in [6.45, 7) is 0.332. The third-order valence-corrected chi connectivity index (χ3v) is 3.48. The maximum atomic E-state index is 13.4. The largest absolute Gasteiger partial charge is 0.377 e. The van der Waals surface area contributed by atoms with Crippen molar-refractivity contribution in [2.75, 3.05) is 18.0 Å². The minimum absolute atomic E-state index is 0.0885. The molecule has 0 atom stereocenters. The molecular formula is C12H11ClF4N4O. The van der Waals surface area contributed by atoms with E-state index in [-0.39, 0.29) is 16.5 Å². The molecule has 22 heavy (non-hydrogen) atoms. The molecule has 1 saturated heterocycles. The van der Waals surface area contributed by atoms with Gasteiger partial charge in [-0.2, -0.15) is 17.6 Å². The minimum Gasteiger partial charge on any atom is -0.351 e. The first-order valence-electron chi connectivity index (χ1n) is 6.43. The average Bonchev–Trinajstić information content (AvgIpc) is 2.72. The number of ether oxygens (including phenoxy) is 1. The van der Waals surface area contributed by atoms with Crippen molar-refractivity contribution < 1.29 is 22.3 Å². The molecular weight excluding hydrogens is 328 g/mol. The zero-order valence-electron chi connectivity index (χ0n) is 11.4. The summed E-state index contributed by atoms with van der Waals surface area (Å²) in [7, 11) is 0. The molecule has 3 rings (SSSR count).